The lowest BCUT2D eigenvalue weighted by molar-refractivity contribution is -0.00130. The molecule has 0 aromatic rings. The Kier molecular flexibility index (Phi) is 4.01. The standard InChI is InChI=1S/C8H16NO3P.ClH/c1-13(10)11-6-8(7-12-13)2-4-9-5-3-8;/h9H,2-7H2,1H3;1H. The van der Waals surface area contributed by atoms with Crippen LogP contribution in [-0.2, 0) is 13.6 Å². The maximum Gasteiger partial charge on any atom is 0.327 e. The van der Waals surface area contributed by atoms with E-state index in [9.17, 15) is 4.57 Å². The maximum atomic E-state index is 11.4. The van der Waals surface area contributed by atoms with Gasteiger partial charge in [-0.05, 0) is 25.9 Å². The van der Waals surface area contributed by atoms with Gasteiger partial charge in [-0.25, -0.2) is 0 Å². The molecular weight excluding hydrogens is 225 g/mol. The van der Waals surface area contributed by atoms with Crippen LogP contribution in [0.3, 0.4) is 0 Å². The zero-order chi connectivity index (χ0) is 9.36. The van der Waals surface area contributed by atoms with Crippen molar-refractivity contribution in [2.24, 2.45) is 5.41 Å². The van der Waals surface area contributed by atoms with Crippen LogP contribution in [0.2, 0.25) is 0 Å². The van der Waals surface area contributed by atoms with Crippen LogP contribution in [0.5, 0.6) is 0 Å². The van der Waals surface area contributed by atoms with Crippen molar-refractivity contribution >= 4 is 20.0 Å². The summed E-state index contributed by atoms with van der Waals surface area (Å²) in [6, 6.07) is 0. The Morgan fingerprint density at radius 3 is 2.21 bits per heavy atom. The first-order valence-electron chi connectivity index (χ1n) is 4.69. The second kappa shape index (κ2) is 4.50. The van der Waals surface area contributed by atoms with Crippen LogP contribution in [0.25, 0.3) is 0 Å². The van der Waals surface area contributed by atoms with Crippen LogP contribution in [-0.4, -0.2) is 33.0 Å². The van der Waals surface area contributed by atoms with E-state index in [2.05, 4.69) is 5.32 Å². The van der Waals surface area contributed by atoms with Gasteiger partial charge in [0.2, 0.25) is 0 Å². The minimum Gasteiger partial charge on any atom is -0.317 e. The van der Waals surface area contributed by atoms with Crippen LogP contribution in [0.1, 0.15) is 12.8 Å². The third kappa shape index (κ3) is 2.71. The average Bonchev–Trinajstić information content (AvgIpc) is 2.13. The average molecular weight is 242 g/mol. The van der Waals surface area contributed by atoms with E-state index in [1.165, 1.54) is 0 Å². The fourth-order valence-electron chi connectivity index (χ4n) is 1.83. The second-order valence-corrected chi connectivity index (χ2v) is 6.13. The number of hydrogen-bond acceptors (Lipinski definition) is 4. The van der Waals surface area contributed by atoms with Crippen molar-refractivity contribution in [3.05, 3.63) is 0 Å². The highest BCUT2D eigenvalue weighted by Gasteiger charge is 2.40. The van der Waals surface area contributed by atoms with Gasteiger partial charge >= 0.3 is 7.60 Å². The zero-order valence-electron chi connectivity index (χ0n) is 8.32. The summed E-state index contributed by atoms with van der Waals surface area (Å²) in [4.78, 5) is 0. The van der Waals surface area contributed by atoms with Crippen LogP contribution in [0, 0.1) is 5.41 Å². The third-order valence-electron chi connectivity index (χ3n) is 2.87. The summed E-state index contributed by atoms with van der Waals surface area (Å²) in [6.07, 6.45) is 2.12. The van der Waals surface area contributed by atoms with Crippen molar-refractivity contribution in [2.45, 2.75) is 12.8 Å². The van der Waals surface area contributed by atoms with Crippen molar-refractivity contribution in [1.82, 2.24) is 5.32 Å². The Morgan fingerprint density at radius 2 is 1.71 bits per heavy atom. The molecule has 1 N–H and O–H groups in total. The monoisotopic (exact) mass is 241 g/mol. The molecule has 0 bridgehead atoms. The number of nitrogens with one attached hydrogen (secondary N) is 1. The Labute approximate surface area is 90.7 Å². The lowest BCUT2D eigenvalue weighted by Gasteiger charge is -2.41. The Balaban J connectivity index is 0.000000980. The zero-order valence-corrected chi connectivity index (χ0v) is 10.0. The fourth-order valence-corrected chi connectivity index (χ4v) is 2.92. The van der Waals surface area contributed by atoms with E-state index >= 15 is 0 Å². The van der Waals surface area contributed by atoms with Crippen molar-refractivity contribution in [1.29, 1.82) is 0 Å². The summed E-state index contributed by atoms with van der Waals surface area (Å²) in [5.74, 6) is 0. The minimum absolute atomic E-state index is 0. The Bertz CT molecular complexity index is 229. The number of halogens is 1. The summed E-state index contributed by atoms with van der Waals surface area (Å²) in [6.45, 7) is 4.77. The van der Waals surface area contributed by atoms with Crippen LogP contribution >= 0.6 is 20.0 Å². The molecule has 0 amide bonds. The highest BCUT2D eigenvalue weighted by molar-refractivity contribution is 7.53. The fraction of sp³-hybridized carbons (Fsp3) is 1.00. The van der Waals surface area contributed by atoms with Gasteiger partial charge in [-0.1, -0.05) is 0 Å². The summed E-state index contributed by atoms with van der Waals surface area (Å²) in [5.41, 5.74) is 0.134. The molecule has 14 heavy (non-hydrogen) atoms. The maximum absolute atomic E-state index is 11.4. The molecule has 0 unspecified atom stereocenters. The Morgan fingerprint density at radius 1 is 1.21 bits per heavy atom. The van der Waals surface area contributed by atoms with E-state index in [1.807, 2.05) is 0 Å². The number of rotatable bonds is 0. The molecule has 2 rings (SSSR count). The van der Waals surface area contributed by atoms with Crippen molar-refractivity contribution in [3.8, 4) is 0 Å². The van der Waals surface area contributed by atoms with Crippen molar-refractivity contribution in [2.75, 3.05) is 33.0 Å². The molecule has 0 radical (unpaired) electrons. The molecule has 0 aromatic carbocycles. The molecule has 6 heteroatoms. The van der Waals surface area contributed by atoms with E-state index in [4.69, 9.17) is 9.05 Å². The summed E-state index contributed by atoms with van der Waals surface area (Å²) in [7, 11) is -2.70. The van der Waals surface area contributed by atoms with E-state index in [-0.39, 0.29) is 17.8 Å². The molecule has 2 aliphatic heterocycles. The molecule has 0 aliphatic carbocycles. The summed E-state index contributed by atoms with van der Waals surface area (Å²) < 4.78 is 21.9. The molecule has 84 valence electrons. The first-order chi connectivity index (χ1) is 6.12. The largest absolute Gasteiger partial charge is 0.327 e. The van der Waals surface area contributed by atoms with E-state index in [0.717, 1.165) is 25.9 Å². The van der Waals surface area contributed by atoms with Gasteiger partial charge in [-0.15, -0.1) is 12.4 Å². The molecular formula is C8H17ClNO3P. The Hall–Kier alpha value is 0.400. The number of piperidine rings is 1. The van der Waals surface area contributed by atoms with Gasteiger partial charge in [0.1, 0.15) is 0 Å². The van der Waals surface area contributed by atoms with Gasteiger partial charge in [-0.2, -0.15) is 0 Å². The molecule has 2 fully saturated rings. The highest BCUT2D eigenvalue weighted by atomic mass is 35.5. The summed E-state index contributed by atoms with van der Waals surface area (Å²) in [5, 5.41) is 3.30. The molecule has 0 saturated carbocycles. The molecule has 1 spiro atoms. The highest BCUT2D eigenvalue weighted by Crippen LogP contribution is 2.52. The SMILES string of the molecule is CP1(=O)OCC2(CCNCC2)CO1.Cl. The summed E-state index contributed by atoms with van der Waals surface area (Å²) >= 11 is 0. The van der Waals surface area contributed by atoms with Gasteiger partial charge < -0.3 is 14.4 Å². The van der Waals surface area contributed by atoms with Crippen molar-refractivity contribution in [3.63, 3.8) is 0 Å². The van der Waals surface area contributed by atoms with Crippen molar-refractivity contribution < 1.29 is 13.6 Å². The molecule has 0 atom stereocenters. The van der Waals surface area contributed by atoms with E-state index in [0.29, 0.717) is 13.2 Å². The van der Waals surface area contributed by atoms with Gasteiger partial charge in [0.05, 0.1) is 13.2 Å². The molecule has 0 aromatic heterocycles. The van der Waals surface area contributed by atoms with Crippen LogP contribution in [0.4, 0.5) is 0 Å². The van der Waals surface area contributed by atoms with Gasteiger partial charge in [0.25, 0.3) is 0 Å². The first kappa shape index (κ1) is 12.5. The van der Waals surface area contributed by atoms with Crippen LogP contribution in [0.15, 0.2) is 0 Å². The smallest absolute Gasteiger partial charge is 0.317 e. The normalized spacial score (nSPS) is 29.5. The third-order valence-corrected chi connectivity index (χ3v) is 4.07. The predicted molar refractivity (Wildman–Crippen MR) is 57.2 cm³/mol. The second-order valence-electron chi connectivity index (χ2n) is 4.07. The lowest BCUT2D eigenvalue weighted by Crippen LogP contribution is -2.44. The van der Waals surface area contributed by atoms with Gasteiger partial charge in [-0.3, -0.25) is 4.57 Å². The van der Waals surface area contributed by atoms with E-state index < -0.39 is 7.60 Å². The molecule has 2 heterocycles. The topological polar surface area (TPSA) is 47.6 Å². The minimum atomic E-state index is -2.70. The first-order valence-corrected chi connectivity index (χ1v) is 6.68. The quantitative estimate of drug-likeness (QED) is 0.655. The predicted octanol–water partition coefficient (Wildman–Crippen LogP) is 1.65. The van der Waals surface area contributed by atoms with E-state index in [1.54, 1.807) is 6.66 Å². The lowest BCUT2D eigenvalue weighted by atomic mass is 9.81. The molecule has 2 aliphatic rings. The van der Waals surface area contributed by atoms with Gasteiger partial charge in [0.15, 0.2) is 0 Å². The molecule has 4 nitrogen and oxygen atoms in total. The number of hydrogen-bond donors (Lipinski definition) is 1. The van der Waals surface area contributed by atoms with Gasteiger partial charge in [0, 0.05) is 12.1 Å². The molecule has 2 saturated heterocycles. The van der Waals surface area contributed by atoms with Crippen LogP contribution < -0.4 is 5.32 Å².